The number of nitrogens with one attached hydrogen (secondary N) is 2. The molecular formula is C29H28N4O2. The van der Waals surface area contributed by atoms with Crippen molar-refractivity contribution in [2.75, 3.05) is 18.0 Å². The number of carbonyl (C=O) groups is 2. The molecule has 3 aromatic carbocycles. The fourth-order valence-corrected chi connectivity index (χ4v) is 4.99. The zero-order valence-corrected chi connectivity index (χ0v) is 19.5. The number of ketones is 2. The Morgan fingerprint density at radius 1 is 0.800 bits per heavy atom. The summed E-state index contributed by atoms with van der Waals surface area (Å²) in [6.07, 6.45) is 3.51. The van der Waals surface area contributed by atoms with Crippen molar-refractivity contribution in [3.05, 3.63) is 113 Å². The molecule has 6 heteroatoms. The summed E-state index contributed by atoms with van der Waals surface area (Å²) in [5.74, 6) is 0.0211. The van der Waals surface area contributed by atoms with Gasteiger partial charge in [-0.3, -0.25) is 9.59 Å². The van der Waals surface area contributed by atoms with E-state index < -0.39 is 5.78 Å². The number of hydrogen-bond donors (Lipinski definition) is 2. The topological polar surface area (TPSA) is 85.6 Å². The van der Waals surface area contributed by atoms with Gasteiger partial charge in [-0.2, -0.15) is 5.11 Å². The van der Waals surface area contributed by atoms with E-state index in [1.54, 1.807) is 24.3 Å². The molecule has 2 aliphatic rings. The highest BCUT2D eigenvalue weighted by Crippen LogP contribution is 2.28. The average Bonchev–Trinajstić information content (AvgIpc) is 2.91. The number of benzene rings is 3. The molecule has 0 atom stereocenters. The van der Waals surface area contributed by atoms with Gasteiger partial charge in [-0.1, -0.05) is 66.7 Å². The summed E-state index contributed by atoms with van der Waals surface area (Å²) in [7, 11) is 0. The normalized spacial score (nSPS) is 16.3. The highest BCUT2D eigenvalue weighted by atomic mass is 16.1. The minimum absolute atomic E-state index is 0.0910. The predicted molar refractivity (Wildman–Crippen MR) is 136 cm³/mol. The van der Waals surface area contributed by atoms with E-state index in [9.17, 15) is 9.59 Å². The van der Waals surface area contributed by atoms with Gasteiger partial charge in [0.2, 0.25) is 11.6 Å². The van der Waals surface area contributed by atoms with Gasteiger partial charge in [0, 0.05) is 36.4 Å². The molecule has 1 aliphatic carbocycles. The number of nitrogens with zero attached hydrogens (tertiary/aromatic N) is 2. The maximum absolute atomic E-state index is 12.9. The Kier molecular flexibility index (Phi) is 6.53. The van der Waals surface area contributed by atoms with Gasteiger partial charge in [-0.05, 0) is 48.4 Å². The molecule has 0 bridgehead atoms. The standard InChI is InChI=1S/C29H28N4O2/c30-32-27-26(28(34)24-8-4-5-9-25(24)29(27)35)31-19-22-10-12-23(13-11-22)33-16-14-21(15-17-33)18-20-6-2-1-3-7-20/h1-13,21,30-31H,14-19H2. The largest absolute Gasteiger partial charge is 0.376 e. The van der Waals surface area contributed by atoms with Crippen LogP contribution in [-0.4, -0.2) is 24.7 Å². The molecule has 1 aliphatic heterocycles. The molecule has 0 unspecified atom stereocenters. The lowest BCUT2D eigenvalue weighted by Crippen LogP contribution is -2.34. The predicted octanol–water partition coefficient (Wildman–Crippen LogP) is 5.56. The highest BCUT2D eigenvalue weighted by molar-refractivity contribution is 6.26. The van der Waals surface area contributed by atoms with Crippen molar-refractivity contribution in [2.24, 2.45) is 11.0 Å². The summed E-state index contributed by atoms with van der Waals surface area (Å²) in [6, 6.07) is 25.7. The van der Waals surface area contributed by atoms with Crippen LogP contribution in [0.1, 0.15) is 44.7 Å². The van der Waals surface area contributed by atoms with Crippen molar-refractivity contribution in [1.82, 2.24) is 5.32 Å². The first-order chi connectivity index (χ1) is 17.1. The maximum atomic E-state index is 12.9. The Labute approximate surface area is 205 Å². The Balaban J connectivity index is 1.20. The molecule has 35 heavy (non-hydrogen) atoms. The number of Topliss-reactive ketones (excluding diaryl/α,β-unsaturated/α-hetero) is 2. The lowest BCUT2D eigenvalue weighted by atomic mass is 9.90. The number of carbonyl (C=O) groups excluding carboxylic acids is 2. The molecule has 5 rings (SSSR count). The van der Waals surface area contributed by atoms with E-state index in [-0.39, 0.29) is 17.2 Å². The van der Waals surface area contributed by atoms with Crippen LogP contribution in [-0.2, 0) is 13.0 Å². The zero-order chi connectivity index (χ0) is 24.2. The van der Waals surface area contributed by atoms with Crippen LogP contribution in [0.2, 0.25) is 0 Å². The lowest BCUT2D eigenvalue weighted by molar-refractivity contribution is 0.0966. The van der Waals surface area contributed by atoms with Crippen LogP contribution in [0.5, 0.6) is 0 Å². The van der Waals surface area contributed by atoms with Crippen LogP contribution in [0.3, 0.4) is 0 Å². The fraction of sp³-hybridized carbons (Fsp3) is 0.241. The molecule has 1 fully saturated rings. The summed E-state index contributed by atoms with van der Waals surface area (Å²) >= 11 is 0. The molecule has 1 saturated heterocycles. The third-order valence-corrected chi connectivity index (χ3v) is 6.96. The van der Waals surface area contributed by atoms with Crippen molar-refractivity contribution < 1.29 is 9.59 Å². The number of hydrogen-bond acceptors (Lipinski definition) is 6. The van der Waals surface area contributed by atoms with E-state index >= 15 is 0 Å². The number of piperidine rings is 1. The first kappa shape index (κ1) is 22.7. The van der Waals surface area contributed by atoms with Gasteiger partial charge in [0.05, 0.1) is 0 Å². The Morgan fingerprint density at radius 2 is 1.43 bits per heavy atom. The Hall–Kier alpha value is -4.06. The van der Waals surface area contributed by atoms with Crippen molar-refractivity contribution in [3.8, 4) is 0 Å². The first-order valence-electron chi connectivity index (χ1n) is 12.1. The molecule has 6 nitrogen and oxygen atoms in total. The summed E-state index contributed by atoms with van der Waals surface area (Å²) in [4.78, 5) is 28.1. The van der Waals surface area contributed by atoms with Crippen molar-refractivity contribution in [3.63, 3.8) is 0 Å². The second-order valence-corrected chi connectivity index (χ2v) is 9.18. The summed E-state index contributed by atoms with van der Waals surface area (Å²) in [5.41, 5.74) is 11.6. The first-order valence-corrected chi connectivity index (χ1v) is 12.1. The SMILES string of the molecule is N=NC1=C(NCc2ccc(N3CCC(Cc4ccccc4)CC3)cc2)C(=O)c2ccccc2C1=O. The number of allylic oxidation sites excluding steroid dienone is 2. The molecule has 2 N–H and O–H groups in total. The third kappa shape index (κ3) is 4.78. The molecule has 3 aromatic rings. The molecule has 1 heterocycles. The van der Waals surface area contributed by atoms with Crippen LogP contribution in [0.15, 0.2) is 95.4 Å². The second-order valence-electron chi connectivity index (χ2n) is 9.18. The summed E-state index contributed by atoms with van der Waals surface area (Å²) in [5, 5.41) is 6.44. The van der Waals surface area contributed by atoms with Gasteiger partial charge >= 0.3 is 0 Å². The van der Waals surface area contributed by atoms with E-state index in [1.807, 2.05) is 12.1 Å². The second kappa shape index (κ2) is 10.1. The third-order valence-electron chi connectivity index (χ3n) is 6.96. The molecule has 176 valence electrons. The van der Waals surface area contributed by atoms with Gasteiger partial charge in [-0.15, -0.1) is 0 Å². The maximum Gasteiger partial charge on any atom is 0.216 e. The summed E-state index contributed by atoms with van der Waals surface area (Å²) in [6.45, 7) is 2.47. The fourth-order valence-electron chi connectivity index (χ4n) is 4.99. The average molecular weight is 465 g/mol. The van der Waals surface area contributed by atoms with E-state index in [4.69, 9.17) is 5.53 Å². The molecular weight excluding hydrogens is 436 g/mol. The smallest absolute Gasteiger partial charge is 0.216 e. The number of rotatable bonds is 7. The molecule has 0 saturated carbocycles. The van der Waals surface area contributed by atoms with Gasteiger partial charge in [0.15, 0.2) is 5.70 Å². The molecule has 0 amide bonds. The van der Waals surface area contributed by atoms with Crippen LogP contribution in [0, 0.1) is 11.4 Å². The summed E-state index contributed by atoms with van der Waals surface area (Å²) < 4.78 is 0. The minimum Gasteiger partial charge on any atom is -0.376 e. The lowest BCUT2D eigenvalue weighted by Gasteiger charge is -2.34. The van der Waals surface area contributed by atoms with Gasteiger partial charge in [0.25, 0.3) is 0 Å². The van der Waals surface area contributed by atoms with Crippen molar-refractivity contribution in [1.29, 1.82) is 5.53 Å². The van der Waals surface area contributed by atoms with E-state index in [1.165, 1.54) is 24.1 Å². The van der Waals surface area contributed by atoms with Crippen molar-refractivity contribution >= 4 is 17.3 Å². The molecule has 0 spiro atoms. The molecule has 0 aromatic heterocycles. The monoisotopic (exact) mass is 464 g/mol. The number of fused-ring (bicyclic) bond motifs is 1. The van der Waals surface area contributed by atoms with E-state index in [2.05, 4.69) is 57.8 Å². The van der Waals surface area contributed by atoms with Crippen LogP contribution >= 0.6 is 0 Å². The van der Waals surface area contributed by atoms with Crippen LogP contribution in [0.4, 0.5) is 5.69 Å². The highest BCUT2D eigenvalue weighted by Gasteiger charge is 2.32. The zero-order valence-electron chi connectivity index (χ0n) is 19.5. The quantitative estimate of drug-likeness (QED) is 0.449. The number of anilines is 1. The molecule has 0 radical (unpaired) electrons. The Morgan fingerprint density at radius 3 is 2.09 bits per heavy atom. The Bertz CT molecular complexity index is 1270. The van der Waals surface area contributed by atoms with Gasteiger partial charge < -0.3 is 10.2 Å². The van der Waals surface area contributed by atoms with Gasteiger partial charge in [0.1, 0.15) is 5.70 Å². The van der Waals surface area contributed by atoms with Crippen LogP contribution in [0.25, 0.3) is 0 Å². The van der Waals surface area contributed by atoms with E-state index in [0.29, 0.717) is 17.7 Å². The minimum atomic E-state index is -0.399. The van der Waals surface area contributed by atoms with Crippen molar-refractivity contribution in [2.45, 2.75) is 25.8 Å². The van der Waals surface area contributed by atoms with E-state index in [0.717, 1.165) is 31.0 Å². The van der Waals surface area contributed by atoms with Crippen LogP contribution < -0.4 is 10.2 Å². The van der Waals surface area contributed by atoms with Gasteiger partial charge in [-0.25, -0.2) is 5.53 Å².